The molecule has 4 nitrogen and oxygen atoms in total. The van der Waals surface area contributed by atoms with Gasteiger partial charge in [-0.2, -0.15) is 0 Å². The first-order valence-electron chi connectivity index (χ1n) is 3.81. The van der Waals surface area contributed by atoms with Gasteiger partial charge in [0.2, 0.25) is 0 Å². The predicted molar refractivity (Wildman–Crippen MR) is 80.2 cm³/mol. The van der Waals surface area contributed by atoms with Crippen molar-refractivity contribution in [2.45, 2.75) is 1.47 Å². The van der Waals surface area contributed by atoms with Gasteiger partial charge in [-0.1, -0.05) is 23.2 Å². The Morgan fingerprint density at radius 3 is 1.94 bits per heavy atom. The Labute approximate surface area is 133 Å². The van der Waals surface area contributed by atoms with Crippen LogP contribution in [0.4, 0.5) is 5.69 Å². The summed E-state index contributed by atoms with van der Waals surface area (Å²) in [6.07, 6.45) is 0. The normalized spacial score (nSPS) is 12.5. The number of alkyl halides is 3. The largest absolute Gasteiger partial charge is 0.505 e. The molecule has 10 heteroatoms. The second-order valence-electron chi connectivity index (χ2n) is 2.84. The first-order chi connectivity index (χ1) is 7.54. The Hall–Kier alpha value is 0.790. The highest BCUT2D eigenvalue weighted by molar-refractivity contribution is 9.42. The zero-order chi connectivity index (χ0) is 13.4. The van der Waals surface area contributed by atoms with Gasteiger partial charge in [0.05, 0.1) is 15.7 Å². The van der Waals surface area contributed by atoms with Crippen LogP contribution in [0.1, 0.15) is 0 Å². The van der Waals surface area contributed by atoms with Crippen molar-refractivity contribution in [2.75, 3.05) is 4.72 Å². The standard InChI is InChI=1S/C7H4Br3Cl2NO3S/c8-7(9,10)17(15,16)13-3-1-4(11)6(14)5(12)2-3/h1-2,13-14H. The number of sulfonamides is 1. The van der Waals surface area contributed by atoms with Crippen LogP contribution in [0.25, 0.3) is 0 Å². The number of benzene rings is 1. The fourth-order valence-electron chi connectivity index (χ4n) is 0.837. The van der Waals surface area contributed by atoms with Crippen LogP contribution in [0.15, 0.2) is 12.1 Å². The molecule has 0 heterocycles. The third-order valence-corrected chi connectivity index (χ3v) is 7.10. The summed E-state index contributed by atoms with van der Waals surface area (Å²) in [6.45, 7) is 0. The number of hydrogen-bond acceptors (Lipinski definition) is 3. The lowest BCUT2D eigenvalue weighted by Gasteiger charge is -2.16. The smallest absolute Gasteiger partial charge is 0.269 e. The number of phenols is 1. The molecule has 0 aliphatic heterocycles. The van der Waals surface area contributed by atoms with E-state index in [4.69, 9.17) is 23.2 Å². The molecule has 0 unspecified atom stereocenters. The number of aromatic hydroxyl groups is 1. The van der Waals surface area contributed by atoms with Gasteiger partial charge in [-0.25, -0.2) is 8.42 Å². The maximum Gasteiger partial charge on any atom is 0.269 e. The summed E-state index contributed by atoms with van der Waals surface area (Å²) in [5, 5.41) is 9.21. The summed E-state index contributed by atoms with van der Waals surface area (Å²) < 4.78 is 24.2. The Morgan fingerprint density at radius 2 is 1.59 bits per heavy atom. The molecule has 1 aromatic rings. The molecule has 1 aromatic carbocycles. The van der Waals surface area contributed by atoms with Crippen molar-refractivity contribution in [2.24, 2.45) is 0 Å². The summed E-state index contributed by atoms with van der Waals surface area (Å²) in [5.41, 5.74) is 0.125. The van der Waals surface area contributed by atoms with E-state index in [-0.39, 0.29) is 21.5 Å². The van der Waals surface area contributed by atoms with Crippen molar-refractivity contribution < 1.29 is 13.5 Å². The molecule has 0 aromatic heterocycles. The van der Waals surface area contributed by atoms with E-state index in [9.17, 15) is 13.5 Å². The number of hydrogen-bond donors (Lipinski definition) is 2. The van der Waals surface area contributed by atoms with Crippen molar-refractivity contribution in [3.05, 3.63) is 22.2 Å². The van der Waals surface area contributed by atoms with E-state index in [1.165, 1.54) is 12.1 Å². The number of halogens is 5. The Bertz CT molecular complexity index is 521. The Kier molecular flexibility index (Phi) is 5.05. The van der Waals surface area contributed by atoms with Gasteiger partial charge in [-0.3, -0.25) is 4.72 Å². The van der Waals surface area contributed by atoms with Crippen LogP contribution < -0.4 is 4.72 Å². The van der Waals surface area contributed by atoms with Gasteiger partial charge in [0.15, 0.2) is 5.75 Å². The van der Waals surface area contributed by atoms with Crippen LogP contribution >= 0.6 is 71.0 Å². The van der Waals surface area contributed by atoms with E-state index < -0.39 is 11.5 Å². The molecule has 0 amide bonds. The molecule has 0 radical (unpaired) electrons. The van der Waals surface area contributed by atoms with Crippen LogP contribution in [0, 0.1) is 0 Å². The number of nitrogens with one attached hydrogen (secondary N) is 1. The number of rotatable bonds is 2. The van der Waals surface area contributed by atoms with Gasteiger partial charge in [-0.15, -0.1) is 0 Å². The molecule has 0 bridgehead atoms. The van der Waals surface area contributed by atoms with Crippen molar-refractivity contribution in [1.29, 1.82) is 0 Å². The predicted octanol–water partition coefficient (Wildman–Crippen LogP) is 4.24. The first kappa shape index (κ1) is 15.8. The van der Waals surface area contributed by atoms with Gasteiger partial charge in [0.25, 0.3) is 11.5 Å². The maximum absolute atomic E-state index is 11.7. The summed E-state index contributed by atoms with van der Waals surface area (Å²) in [4.78, 5) is 0. The zero-order valence-corrected chi connectivity index (χ0v) is 14.8. The summed E-state index contributed by atoms with van der Waals surface area (Å²) in [6, 6.07) is 2.47. The fraction of sp³-hybridized carbons (Fsp3) is 0.143. The molecular formula is C7H4Br3Cl2NO3S. The van der Waals surface area contributed by atoms with E-state index in [2.05, 4.69) is 52.5 Å². The lowest BCUT2D eigenvalue weighted by Crippen LogP contribution is -2.25. The molecule has 1 rings (SSSR count). The maximum atomic E-state index is 11.7. The average molecular weight is 493 g/mol. The highest BCUT2D eigenvalue weighted by Crippen LogP contribution is 2.41. The molecule has 17 heavy (non-hydrogen) atoms. The van der Waals surface area contributed by atoms with Crippen LogP contribution in [-0.4, -0.2) is 15.0 Å². The van der Waals surface area contributed by atoms with Crippen molar-refractivity contribution in [3.8, 4) is 5.75 Å². The Morgan fingerprint density at radius 1 is 1.18 bits per heavy atom. The quantitative estimate of drug-likeness (QED) is 0.479. The van der Waals surface area contributed by atoms with Crippen molar-refractivity contribution in [1.82, 2.24) is 0 Å². The van der Waals surface area contributed by atoms with Gasteiger partial charge in [0.1, 0.15) is 0 Å². The van der Waals surface area contributed by atoms with Gasteiger partial charge in [0, 0.05) is 0 Å². The SMILES string of the molecule is O=S(=O)(Nc1cc(Cl)c(O)c(Cl)c1)C(Br)(Br)Br. The van der Waals surface area contributed by atoms with Crippen LogP contribution in [0.5, 0.6) is 5.75 Å². The molecule has 0 atom stereocenters. The average Bonchev–Trinajstić information content (AvgIpc) is 2.11. The molecule has 96 valence electrons. The summed E-state index contributed by atoms with van der Waals surface area (Å²) >= 11 is 19.9. The van der Waals surface area contributed by atoms with E-state index in [1.807, 2.05) is 0 Å². The second-order valence-corrected chi connectivity index (χ2v) is 13.8. The summed E-state index contributed by atoms with van der Waals surface area (Å²) in [7, 11) is -3.80. The minimum atomic E-state index is -3.80. The third kappa shape index (κ3) is 3.87. The fourth-order valence-corrected chi connectivity index (χ4v) is 2.60. The lowest BCUT2D eigenvalue weighted by molar-refractivity contribution is 0.476. The monoisotopic (exact) mass is 489 g/mol. The van der Waals surface area contributed by atoms with Crippen molar-refractivity contribution in [3.63, 3.8) is 0 Å². The van der Waals surface area contributed by atoms with E-state index in [0.29, 0.717) is 0 Å². The van der Waals surface area contributed by atoms with Crippen LogP contribution in [-0.2, 0) is 10.0 Å². The molecular weight excluding hydrogens is 489 g/mol. The second kappa shape index (κ2) is 5.42. The molecule has 0 aliphatic carbocycles. The minimum absolute atomic E-state index is 0.0560. The van der Waals surface area contributed by atoms with Crippen LogP contribution in [0.2, 0.25) is 10.0 Å². The molecule has 0 aliphatic rings. The number of phenolic OH excluding ortho intramolecular Hbond substituents is 1. The topological polar surface area (TPSA) is 66.4 Å². The van der Waals surface area contributed by atoms with Gasteiger partial charge in [-0.05, 0) is 59.9 Å². The Balaban J connectivity index is 3.14. The molecule has 0 spiro atoms. The highest BCUT2D eigenvalue weighted by Gasteiger charge is 2.36. The minimum Gasteiger partial charge on any atom is -0.505 e. The zero-order valence-electron chi connectivity index (χ0n) is 7.72. The van der Waals surface area contributed by atoms with Gasteiger partial charge < -0.3 is 5.11 Å². The molecule has 0 saturated heterocycles. The van der Waals surface area contributed by atoms with E-state index in [1.54, 1.807) is 0 Å². The highest BCUT2D eigenvalue weighted by atomic mass is 80.0. The van der Waals surface area contributed by atoms with Gasteiger partial charge >= 0.3 is 0 Å². The molecule has 0 fully saturated rings. The lowest BCUT2D eigenvalue weighted by atomic mass is 10.3. The van der Waals surface area contributed by atoms with E-state index in [0.717, 1.165) is 0 Å². The summed E-state index contributed by atoms with van der Waals surface area (Å²) in [5.74, 6) is -0.306. The van der Waals surface area contributed by atoms with E-state index >= 15 is 0 Å². The first-order valence-corrected chi connectivity index (χ1v) is 8.43. The van der Waals surface area contributed by atoms with Crippen molar-refractivity contribution >= 4 is 86.7 Å². The molecule has 0 saturated carbocycles. The molecule has 2 N–H and O–H groups in total. The third-order valence-electron chi connectivity index (χ3n) is 1.57. The number of anilines is 1. The van der Waals surface area contributed by atoms with Crippen LogP contribution in [0.3, 0.4) is 0 Å².